The first kappa shape index (κ1) is 17.0. The van der Waals surface area contributed by atoms with Gasteiger partial charge in [0.25, 0.3) is 0 Å². The summed E-state index contributed by atoms with van der Waals surface area (Å²) in [5, 5.41) is 21.6. The minimum Gasteiger partial charge on any atom is -0.394 e. The summed E-state index contributed by atoms with van der Waals surface area (Å²) in [6, 6.07) is 20.3. The van der Waals surface area contributed by atoms with E-state index in [4.69, 9.17) is 5.26 Å². The fourth-order valence-corrected chi connectivity index (χ4v) is 2.43. The molecule has 2 aromatic rings. The lowest BCUT2D eigenvalue weighted by atomic mass is 10.1. The topological polar surface area (TPSA) is 59.3 Å². The molecule has 4 nitrogen and oxygen atoms in total. The van der Waals surface area contributed by atoms with Gasteiger partial charge in [-0.15, -0.1) is 0 Å². The van der Waals surface area contributed by atoms with Crippen molar-refractivity contribution in [1.82, 2.24) is 5.32 Å². The molecule has 120 valence electrons. The van der Waals surface area contributed by atoms with Crippen LogP contribution >= 0.6 is 0 Å². The summed E-state index contributed by atoms with van der Waals surface area (Å²) in [6.07, 6.45) is 0.523. The van der Waals surface area contributed by atoms with Crippen LogP contribution in [-0.2, 0) is 6.54 Å². The smallest absolute Gasteiger partial charge is 0.0640 e. The highest BCUT2D eigenvalue weighted by molar-refractivity contribution is 5.46. The van der Waals surface area contributed by atoms with Crippen LogP contribution in [0.3, 0.4) is 0 Å². The van der Waals surface area contributed by atoms with E-state index in [1.165, 1.54) is 0 Å². The zero-order chi connectivity index (χ0) is 16.5. The number of hydrogen-bond acceptors (Lipinski definition) is 4. The second-order valence-corrected chi connectivity index (χ2v) is 5.52. The normalized spacial score (nSPS) is 11.7. The van der Waals surface area contributed by atoms with Crippen molar-refractivity contribution in [1.29, 1.82) is 5.26 Å². The van der Waals surface area contributed by atoms with E-state index in [1.54, 1.807) is 0 Å². The van der Waals surface area contributed by atoms with E-state index in [1.807, 2.05) is 37.4 Å². The Hall–Kier alpha value is -2.35. The van der Waals surface area contributed by atoms with Gasteiger partial charge < -0.3 is 15.3 Å². The van der Waals surface area contributed by atoms with Crippen molar-refractivity contribution in [2.75, 3.05) is 25.1 Å². The molecule has 0 saturated carbocycles. The molecule has 4 heteroatoms. The molecular weight excluding hydrogens is 286 g/mol. The zero-order valence-electron chi connectivity index (χ0n) is 13.4. The molecule has 0 aliphatic heterocycles. The third-order valence-corrected chi connectivity index (χ3v) is 3.87. The van der Waals surface area contributed by atoms with Crippen molar-refractivity contribution >= 4 is 5.69 Å². The summed E-state index contributed by atoms with van der Waals surface area (Å²) in [7, 11) is 1.99. The average Bonchev–Trinajstić information content (AvgIpc) is 2.61. The molecule has 0 aliphatic carbocycles. The van der Waals surface area contributed by atoms with Gasteiger partial charge in [0.2, 0.25) is 0 Å². The Morgan fingerprint density at radius 3 is 2.43 bits per heavy atom. The van der Waals surface area contributed by atoms with E-state index in [2.05, 4.69) is 40.6 Å². The van der Waals surface area contributed by atoms with E-state index in [0.29, 0.717) is 13.0 Å². The van der Waals surface area contributed by atoms with Crippen LogP contribution in [0.2, 0.25) is 0 Å². The number of nitrogens with one attached hydrogen (secondary N) is 1. The van der Waals surface area contributed by atoms with Crippen LogP contribution in [-0.4, -0.2) is 25.3 Å². The molecule has 23 heavy (non-hydrogen) atoms. The van der Waals surface area contributed by atoms with E-state index in [9.17, 15) is 5.11 Å². The molecular formula is C19H23N3O. The van der Waals surface area contributed by atoms with E-state index in [-0.39, 0.29) is 12.6 Å². The lowest BCUT2D eigenvalue weighted by Gasteiger charge is -2.19. The molecule has 0 aliphatic rings. The Balaban J connectivity index is 1.92. The molecule has 0 bridgehead atoms. The highest BCUT2D eigenvalue weighted by Gasteiger charge is 2.09. The van der Waals surface area contributed by atoms with Crippen LogP contribution in [0.4, 0.5) is 5.69 Å². The minimum absolute atomic E-state index is 0.0609. The number of hydrogen-bond donors (Lipinski definition) is 2. The van der Waals surface area contributed by atoms with Crippen LogP contribution in [0.1, 0.15) is 23.6 Å². The molecule has 2 aromatic carbocycles. The summed E-state index contributed by atoms with van der Waals surface area (Å²) < 4.78 is 0. The second-order valence-electron chi connectivity index (χ2n) is 5.52. The van der Waals surface area contributed by atoms with Crippen LogP contribution in [0.5, 0.6) is 0 Å². The molecule has 0 radical (unpaired) electrons. The van der Waals surface area contributed by atoms with E-state index >= 15 is 0 Å². The standard InChI is InChI=1S/C19H23N3O/c1-22(13-5-12-20)18-10-8-16(9-11-18)14-21-19(15-23)17-6-3-2-4-7-17/h2-4,6-11,19,21,23H,5,13-15H2,1H3. The largest absolute Gasteiger partial charge is 0.394 e. The summed E-state index contributed by atoms with van der Waals surface area (Å²) in [4.78, 5) is 2.07. The summed E-state index contributed by atoms with van der Waals surface area (Å²) in [5.74, 6) is 0. The summed E-state index contributed by atoms with van der Waals surface area (Å²) in [5.41, 5.74) is 3.35. The maximum Gasteiger partial charge on any atom is 0.0640 e. The highest BCUT2D eigenvalue weighted by Crippen LogP contribution is 2.16. The van der Waals surface area contributed by atoms with Gasteiger partial charge in [-0.3, -0.25) is 0 Å². The number of nitriles is 1. The SMILES string of the molecule is CN(CCC#N)c1ccc(CNC(CO)c2ccccc2)cc1. The first-order valence-corrected chi connectivity index (χ1v) is 7.81. The average molecular weight is 309 g/mol. The molecule has 0 spiro atoms. The van der Waals surface area contributed by atoms with Gasteiger partial charge in [-0.05, 0) is 23.3 Å². The maximum atomic E-state index is 9.56. The van der Waals surface area contributed by atoms with Crippen molar-refractivity contribution in [2.24, 2.45) is 0 Å². The lowest BCUT2D eigenvalue weighted by molar-refractivity contribution is 0.243. The number of rotatable bonds is 8. The van der Waals surface area contributed by atoms with Gasteiger partial charge in [0.1, 0.15) is 0 Å². The fraction of sp³-hybridized carbons (Fsp3) is 0.316. The third-order valence-electron chi connectivity index (χ3n) is 3.87. The second kappa shape index (κ2) is 8.94. The number of benzene rings is 2. The molecule has 1 unspecified atom stereocenters. The number of anilines is 1. The molecule has 1 atom stereocenters. The monoisotopic (exact) mass is 309 g/mol. The van der Waals surface area contributed by atoms with Crippen molar-refractivity contribution in [3.8, 4) is 6.07 Å². The molecule has 2 rings (SSSR count). The molecule has 0 fully saturated rings. The van der Waals surface area contributed by atoms with Gasteiger partial charge in [-0.1, -0.05) is 42.5 Å². The Morgan fingerprint density at radius 2 is 1.83 bits per heavy atom. The molecule has 2 N–H and O–H groups in total. The molecule has 0 aromatic heterocycles. The van der Waals surface area contributed by atoms with E-state index < -0.39 is 0 Å². The van der Waals surface area contributed by atoms with Gasteiger partial charge in [0.05, 0.1) is 25.1 Å². The predicted octanol–water partition coefficient (Wildman–Crippen LogP) is 2.86. The third kappa shape index (κ3) is 5.10. The first-order valence-electron chi connectivity index (χ1n) is 7.81. The molecule has 0 heterocycles. The van der Waals surface area contributed by atoms with Crippen molar-refractivity contribution in [3.63, 3.8) is 0 Å². The maximum absolute atomic E-state index is 9.56. The Labute approximate surface area is 138 Å². The zero-order valence-corrected chi connectivity index (χ0v) is 13.4. The summed E-state index contributed by atoms with van der Waals surface area (Å²) in [6.45, 7) is 1.50. The number of aliphatic hydroxyl groups is 1. The van der Waals surface area contributed by atoms with Crippen LogP contribution < -0.4 is 10.2 Å². The molecule has 0 amide bonds. The number of aliphatic hydroxyl groups excluding tert-OH is 1. The van der Waals surface area contributed by atoms with Crippen molar-refractivity contribution in [3.05, 3.63) is 65.7 Å². The fourth-order valence-electron chi connectivity index (χ4n) is 2.43. The van der Waals surface area contributed by atoms with Gasteiger partial charge in [-0.2, -0.15) is 5.26 Å². The Kier molecular flexibility index (Phi) is 6.61. The lowest BCUT2D eigenvalue weighted by Crippen LogP contribution is -2.24. The minimum atomic E-state index is -0.0609. The quantitative estimate of drug-likeness (QED) is 0.787. The van der Waals surface area contributed by atoms with Gasteiger partial charge in [-0.25, -0.2) is 0 Å². The van der Waals surface area contributed by atoms with Crippen molar-refractivity contribution < 1.29 is 5.11 Å². The number of nitrogens with zero attached hydrogens (tertiary/aromatic N) is 2. The Morgan fingerprint density at radius 1 is 1.13 bits per heavy atom. The van der Waals surface area contributed by atoms with Gasteiger partial charge in [0.15, 0.2) is 0 Å². The molecule has 0 saturated heterocycles. The van der Waals surface area contributed by atoms with Gasteiger partial charge >= 0.3 is 0 Å². The van der Waals surface area contributed by atoms with Crippen LogP contribution in [0.15, 0.2) is 54.6 Å². The van der Waals surface area contributed by atoms with E-state index in [0.717, 1.165) is 23.4 Å². The summed E-state index contributed by atoms with van der Waals surface area (Å²) >= 11 is 0. The van der Waals surface area contributed by atoms with Crippen molar-refractivity contribution in [2.45, 2.75) is 19.0 Å². The van der Waals surface area contributed by atoms with Gasteiger partial charge in [0, 0.05) is 25.8 Å². The Bertz CT molecular complexity index is 619. The first-order chi connectivity index (χ1) is 11.2. The van der Waals surface area contributed by atoms with Crippen LogP contribution in [0.25, 0.3) is 0 Å². The van der Waals surface area contributed by atoms with Crippen LogP contribution in [0, 0.1) is 11.3 Å². The highest BCUT2D eigenvalue weighted by atomic mass is 16.3. The predicted molar refractivity (Wildman–Crippen MR) is 93.1 cm³/mol.